The van der Waals surface area contributed by atoms with E-state index in [-0.39, 0.29) is 12.6 Å². The van der Waals surface area contributed by atoms with Gasteiger partial charge in [-0.05, 0) is 18.9 Å². The van der Waals surface area contributed by atoms with Gasteiger partial charge in [0, 0.05) is 19.7 Å². The highest BCUT2D eigenvalue weighted by Crippen LogP contribution is 2.16. The summed E-state index contributed by atoms with van der Waals surface area (Å²) in [5.41, 5.74) is 1.18. The number of nitrogens with zero attached hydrogens (tertiary/aromatic N) is 3. The summed E-state index contributed by atoms with van der Waals surface area (Å²) in [5.74, 6) is 1.80. The van der Waals surface area contributed by atoms with Gasteiger partial charge in [0.1, 0.15) is 11.6 Å². The predicted octanol–water partition coefficient (Wildman–Crippen LogP) is 1.34. The molecule has 1 heterocycles. The molecule has 0 fully saturated rings. The van der Waals surface area contributed by atoms with Gasteiger partial charge in [-0.25, -0.2) is 0 Å². The molecular formula is C14H20N4O. The van der Waals surface area contributed by atoms with E-state index in [4.69, 9.17) is 0 Å². The second-order valence-electron chi connectivity index (χ2n) is 4.58. The quantitative estimate of drug-likeness (QED) is 0.822. The van der Waals surface area contributed by atoms with Gasteiger partial charge in [-0.1, -0.05) is 30.3 Å². The molecule has 102 valence electrons. The highest BCUT2D eigenvalue weighted by molar-refractivity contribution is 5.18. The van der Waals surface area contributed by atoms with Gasteiger partial charge in [0.05, 0.1) is 6.54 Å². The molecule has 0 aliphatic rings. The third kappa shape index (κ3) is 3.39. The molecule has 1 aromatic carbocycles. The van der Waals surface area contributed by atoms with Crippen molar-refractivity contribution in [1.82, 2.24) is 20.1 Å². The van der Waals surface area contributed by atoms with E-state index in [1.165, 1.54) is 5.56 Å². The maximum Gasteiger partial charge on any atom is 0.146 e. The van der Waals surface area contributed by atoms with E-state index in [1.807, 2.05) is 36.7 Å². The Hall–Kier alpha value is -1.72. The fourth-order valence-electron chi connectivity index (χ4n) is 2.02. The van der Waals surface area contributed by atoms with Crippen molar-refractivity contribution in [1.29, 1.82) is 0 Å². The third-order valence-corrected chi connectivity index (χ3v) is 3.31. The number of rotatable bonds is 6. The highest BCUT2D eigenvalue weighted by atomic mass is 16.3. The van der Waals surface area contributed by atoms with E-state index in [1.54, 1.807) is 0 Å². The largest absolute Gasteiger partial charge is 0.396 e. The molecule has 0 bridgehead atoms. The number of hydrogen-bond acceptors (Lipinski definition) is 4. The maximum atomic E-state index is 9.18. The van der Waals surface area contributed by atoms with Gasteiger partial charge in [-0.15, -0.1) is 10.2 Å². The molecule has 0 amide bonds. The van der Waals surface area contributed by atoms with Gasteiger partial charge in [0.2, 0.25) is 0 Å². The Morgan fingerprint density at radius 2 is 2.00 bits per heavy atom. The zero-order valence-electron chi connectivity index (χ0n) is 11.4. The minimum Gasteiger partial charge on any atom is -0.396 e. The van der Waals surface area contributed by atoms with Crippen molar-refractivity contribution in [2.75, 3.05) is 6.61 Å². The van der Waals surface area contributed by atoms with Gasteiger partial charge in [0.15, 0.2) is 0 Å². The summed E-state index contributed by atoms with van der Waals surface area (Å²) in [6, 6.07) is 10.3. The molecule has 0 saturated heterocycles. The van der Waals surface area contributed by atoms with Crippen molar-refractivity contribution in [2.24, 2.45) is 7.05 Å². The molecular weight excluding hydrogens is 240 g/mol. The first-order valence-corrected chi connectivity index (χ1v) is 6.46. The zero-order valence-corrected chi connectivity index (χ0v) is 11.4. The standard InChI is InChI=1S/C14H20N4O/c1-11-16-17-14(18(11)2)10-15-13(8-9-19)12-6-4-3-5-7-12/h3-7,13,15,19H,8-10H2,1-2H3. The van der Waals surface area contributed by atoms with Crippen LogP contribution < -0.4 is 5.32 Å². The van der Waals surface area contributed by atoms with Crippen LogP contribution in [0.3, 0.4) is 0 Å². The lowest BCUT2D eigenvalue weighted by molar-refractivity contribution is 0.264. The van der Waals surface area contributed by atoms with Crippen molar-refractivity contribution in [2.45, 2.75) is 25.9 Å². The maximum absolute atomic E-state index is 9.18. The number of aromatic nitrogens is 3. The van der Waals surface area contributed by atoms with Crippen LogP contribution >= 0.6 is 0 Å². The number of nitrogens with one attached hydrogen (secondary N) is 1. The second-order valence-corrected chi connectivity index (χ2v) is 4.58. The second kappa shape index (κ2) is 6.45. The number of aliphatic hydroxyl groups excluding tert-OH is 1. The van der Waals surface area contributed by atoms with E-state index >= 15 is 0 Å². The van der Waals surface area contributed by atoms with Crippen LogP contribution in [-0.2, 0) is 13.6 Å². The molecule has 0 saturated carbocycles. The van der Waals surface area contributed by atoms with Gasteiger partial charge in [-0.3, -0.25) is 0 Å². The smallest absolute Gasteiger partial charge is 0.146 e. The minimum absolute atomic E-state index is 0.128. The predicted molar refractivity (Wildman–Crippen MR) is 73.5 cm³/mol. The Morgan fingerprint density at radius 3 is 2.58 bits per heavy atom. The molecule has 1 unspecified atom stereocenters. The van der Waals surface area contributed by atoms with Crippen LogP contribution in [-0.4, -0.2) is 26.5 Å². The highest BCUT2D eigenvalue weighted by Gasteiger charge is 2.12. The Morgan fingerprint density at radius 1 is 1.26 bits per heavy atom. The molecule has 19 heavy (non-hydrogen) atoms. The molecule has 2 aromatic rings. The van der Waals surface area contributed by atoms with Gasteiger partial charge < -0.3 is 15.0 Å². The summed E-state index contributed by atoms with van der Waals surface area (Å²) in [4.78, 5) is 0. The Kier molecular flexibility index (Phi) is 4.65. The molecule has 0 spiro atoms. The number of hydrogen-bond donors (Lipinski definition) is 2. The van der Waals surface area contributed by atoms with Crippen molar-refractivity contribution >= 4 is 0 Å². The molecule has 5 nitrogen and oxygen atoms in total. The third-order valence-electron chi connectivity index (χ3n) is 3.31. The minimum atomic E-state index is 0.128. The van der Waals surface area contributed by atoms with Crippen LogP contribution in [0.5, 0.6) is 0 Å². The SMILES string of the molecule is Cc1nnc(CNC(CCO)c2ccccc2)n1C. The Balaban J connectivity index is 2.04. The van der Waals surface area contributed by atoms with Crippen LogP contribution in [0.2, 0.25) is 0 Å². The first kappa shape index (κ1) is 13.7. The molecule has 0 radical (unpaired) electrons. The first-order valence-electron chi connectivity index (χ1n) is 6.46. The van der Waals surface area contributed by atoms with Crippen LogP contribution in [0.1, 0.15) is 29.7 Å². The normalized spacial score (nSPS) is 12.6. The number of aryl methyl sites for hydroxylation is 1. The van der Waals surface area contributed by atoms with Gasteiger partial charge >= 0.3 is 0 Å². The summed E-state index contributed by atoms with van der Waals surface area (Å²) in [6.07, 6.45) is 0.681. The molecule has 5 heteroatoms. The lowest BCUT2D eigenvalue weighted by Gasteiger charge is -2.18. The Labute approximate surface area is 113 Å². The van der Waals surface area contributed by atoms with E-state index in [9.17, 15) is 5.11 Å². The summed E-state index contributed by atoms with van der Waals surface area (Å²) in [6.45, 7) is 2.72. The first-order chi connectivity index (χ1) is 9.22. The fraction of sp³-hybridized carbons (Fsp3) is 0.429. The monoisotopic (exact) mass is 260 g/mol. The average Bonchev–Trinajstić information content (AvgIpc) is 2.76. The number of aliphatic hydroxyl groups is 1. The van der Waals surface area contributed by atoms with Crippen molar-refractivity contribution < 1.29 is 5.11 Å². The molecule has 2 rings (SSSR count). The molecule has 2 N–H and O–H groups in total. The molecule has 1 aromatic heterocycles. The summed E-state index contributed by atoms with van der Waals surface area (Å²) < 4.78 is 1.97. The molecule has 0 aliphatic heterocycles. The lowest BCUT2D eigenvalue weighted by Crippen LogP contribution is -2.23. The van der Waals surface area contributed by atoms with Crippen molar-refractivity contribution in [3.63, 3.8) is 0 Å². The lowest BCUT2D eigenvalue weighted by atomic mass is 10.0. The van der Waals surface area contributed by atoms with E-state index < -0.39 is 0 Å². The zero-order chi connectivity index (χ0) is 13.7. The van der Waals surface area contributed by atoms with E-state index in [0.717, 1.165) is 11.6 Å². The summed E-state index contributed by atoms with van der Waals surface area (Å²) in [5, 5.41) is 20.8. The van der Waals surface area contributed by atoms with Gasteiger partial charge in [-0.2, -0.15) is 0 Å². The van der Waals surface area contributed by atoms with Crippen LogP contribution in [0, 0.1) is 6.92 Å². The average molecular weight is 260 g/mol. The van der Waals surface area contributed by atoms with Crippen LogP contribution in [0.25, 0.3) is 0 Å². The van der Waals surface area contributed by atoms with E-state index in [0.29, 0.717) is 13.0 Å². The topological polar surface area (TPSA) is 63.0 Å². The molecule has 1 atom stereocenters. The summed E-state index contributed by atoms with van der Waals surface area (Å²) in [7, 11) is 1.95. The number of benzene rings is 1. The van der Waals surface area contributed by atoms with E-state index in [2.05, 4.69) is 27.6 Å². The van der Waals surface area contributed by atoms with Crippen LogP contribution in [0.15, 0.2) is 30.3 Å². The van der Waals surface area contributed by atoms with Crippen LogP contribution in [0.4, 0.5) is 0 Å². The molecule has 0 aliphatic carbocycles. The Bertz CT molecular complexity index is 509. The van der Waals surface area contributed by atoms with Crippen molar-refractivity contribution in [3.05, 3.63) is 47.5 Å². The van der Waals surface area contributed by atoms with Crippen molar-refractivity contribution in [3.8, 4) is 0 Å². The van der Waals surface area contributed by atoms with Gasteiger partial charge in [0.25, 0.3) is 0 Å². The summed E-state index contributed by atoms with van der Waals surface area (Å²) >= 11 is 0. The fourth-order valence-corrected chi connectivity index (χ4v) is 2.02.